The second kappa shape index (κ2) is 8.31. The Kier molecular flexibility index (Phi) is 5.23. The molecule has 2 aliphatic rings. The van der Waals surface area contributed by atoms with E-state index in [2.05, 4.69) is 93.6 Å². The van der Waals surface area contributed by atoms with Crippen LogP contribution >= 0.6 is 11.3 Å². The van der Waals surface area contributed by atoms with Crippen molar-refractivity contribution in [3.63, 3.8) is 0 Å². The average molecular weight is 477 g/mol. The SMILES string of the molecule is CC(C)(C)c1ccc(/C=c2\sc3n(c2=O)[C@H](c2ccccc2)C2=C(N=3)c3ccccc3CC2)cc1. The molecule has 0 amide bonds. The lowest BCUT2D eigenvalue weighted by Crippen LogP contribution is -2.38. The maximum Gasteiger partial charge on any atom is 0.271 e. The normalized spacial score (nSPS) is 17.5. The zero-order valence-electron chi connectivity index (χ0n) is 20.3. The van der Waals surface area contributed by atoms with Crippen LogP contribution in [0.5, 0.6) is 0 Å². The molecule has 0 saturated carbocycles. The van der Waals surface area contributed by atoms with Crippen LogP contribution in [0.3, 0.4) is 0 Å². The van der Waals surface area contributed by atoms with Crippen molar-refractivity contribution in [1.29, 1.82) is 0 Å². The van der Waals surface area contributed by atoms with Crippen molar-refractivity contribution in [1.82, 2.24) is 4.57 Å². The number of aryl methyl sites for hydroxylation is 1. The summed E-state index contributed by atoms with van der Waals surface area (Å²) in [6.07, 6.45) is 3.89. The Labute approximate surface area is 209 Å². The summed E-state index contributed by atoms with van der Waals surface area (Å²) in [4.78, 5) is 19.7. The molecule has 1 aliphatic carbocycles. The van der Waals surface area contributed by atoms with Gasteiger partial charge >= 0.3 is 0 Å². The van der Waals surface area contributed by atoms with Crippen LogP contribution in [0.25, 0.3) is 11.8 Å². The molecule has 0 unspecified atom stereocenters. The van der Waals surface area contributed by atoms with Gasteiger partial charge in [-0.05, 0) is 52.2 Å². The van der Waals surface area contributed by atoms with Gasteiger partial charge < -0.3 is 0 Å². The fourth-order valence-electron chi connectivity index (χ4n) is 5.19. The molecule has 4 aromatic rings. The van der Waals surface area contributed by atoms with Crippen LogP contribution in [0.2, 0.25) is 0 Å². The van der Waals surface area contributed by atoms with Gasteiger partial charge in [0.2, 0.25) is 0 Å². The van der Waals surface area contributed by atoms with E-state index < -0.39 is 0 Å². The molecule has 1 aliphatic heterocycles. The summed E-state index contributed by atoms with van der Waals surface area (Å²) in [5.74, 6) is 0. The minimum Gasteiger partial charge on any atom is -0.272 e. The monoisotopic (exact) mass is 476 g/mol. The Hall–Kier alpha value is -3.50. The second-order valence-electron chi connectivity index (χ2n) is 10.4. The molecule has 2 heterocycles. The fourth-order valence-corrected chi connectivity index (χ4v) is 6.19. The van der Waals surface area contributed by atoms with E-state index in [-0.39, 0.29) is 17.0 Å². The van der Waals surface area contributed by atoms with Crippen molar-refractivity contribution < 1.29 is 0 Å². The number of rotatable bonds is 2. The third-order valence-electron chi connectivity index (χ3n) is 7.06. The summed E-state index contributed by atoms with van der Waals surface area (Å²) in [5.41, 5.74) is 8.41. The van der Waals surface area contributed by atoms with Crippen LogP contribution in [0.1, 0.15) is 61.1 Å². The molecule has 0 N–H and O–H groups in total. The van der Waals surface area contributed by atoms with E-state index in [1.165, 1.54) is 33.6 Å². The van der Waals surface area contributed by atoms with Gasteiger partial charge in [0.25, 0.3) is 5.56 Å². The Morgan fingerprint density at radius 1 is 0.914 bits per heavy atom. The maximum absolute atomic E-state index is 13.8. The van der Waals surface area contributed by atoms with E-state index in [0.717, 1.165) is 39.0 Å². The van der Waals surface area contributed by atoms with Crippen molar-refractivity contribution in [2.75, 3.05) is 0 Å². The highest BCUT2D eigenvalue weighted by molar-refractivity contribution is 7.07. The predicted octanol–water partition coefficient (Wildman–Crippen LogP) is 5.62. The largest absolute Gasteiger partial charge is 0.272 e. The molecular weight excluding hydrogens is 448 g/mol. The molecule has 35 heavy (non-hydrogen) atoms. The van der Waals surface area contributed by atoms with Gasteiger partial charge in [-0.25, -0.2) is 4.99 Å². The summed E-state index contributed by atoms with van der Waals surface area (Å²) >= 11 is 1.49. The first kappa shape index (κ1) is 22.0. The van der Waals surface area contributed by atoms with Crippen molar-refractivity contribution in [3.05, 3.63) is 132 Å². The zero-order chi connectivity index (χ0) is 24.2. The van der Waals surface area contributed by atoms with Crippen molar-refractivity contribution >= 4 is 23.1 Å². The van der Waals surface area contributed by atoms with Gasteiger partial charge in [0.15, 0.2) is 4.80 Å². The van der Waals surface area contributed by atoms with Crippen LogP contribution in [0.4, 0.5) is 0 Å². The van der Waals surface area contributed by atoms with E-state index in [1.807, 2.05) is 16.7 Å². The van der Waals surface area contributed by atoms with Crippen molar-refractivity contribution in [3.8, 4) is 0 Å². The highest BCUT2D eigenvalue weighted by Crippen LogP contribution is 2.41. The molecule has 0 fully saturated rings. The molecule has 0 spiro atoms. The van der Waals surface area contributed by atoms with E-state index in [9.17, 15) is 4.79 Å². The van der Waals surface area contributed by atoms with Crippen LogP contribution in [0, 0.1) is 0 Å². The lowest BCUT2D eigenvalue weighted by molar-refractivity contribution is 0.585. The number of hydrogen-bond donors (Lipinski definition) is 0. The zero-order valence-corrected chi connectivity index (χ0v) is 21.1. The molecule has 3 nitrogen and oxygen atoms in total. The standard InChI is InChI=1S/C31H28N2OS/c1-31(2,3)23-16-13-20(14-17-23)19-26-29(34)33-28(22-10-5-4-6-11-22)25-18-15-21-9-7-8-12-24(21)27(25)32-30(33)35-26/h4-14,16-17,19,28H,15,18H2,1-3H3/b26-19-/t28-/m1/s1. The van der Waals surface area contributed by atoms with Crippen LogP contribution < -0.4 is 14.9 Å². The molecule has 0 saturated heterocycles. The van der Waals surface area contributed by atoms with Gasteiger partial charge in [0, 0.05) is 5.56 Å². The summed E-state index contributed by atoms with van der Waals surface area (Å²) in [5, 5.41) is 0. The Bertz CT molecular complexity index is 1630. The molecule has 3 aromatic carbocycles. The third-order valence-corrected chi connectivity index (χ3v) is 8.05. The van der Waals surface area contributed by atoms with Gasteiger partial charge in [-0.3, -0.25) is 9.36 Å². The quantitative estimate of drug-likeness (QED) is 0.370. The molecular formula is C31H28N2OS. The van der Waals surface area contributed by atoms with Gasteiger partial charge in [-0.2, -0.15) is 0 Å². The summed E-state index contributed by atoms with van der Waals surface area (Å²) < 4.78 is 2.64. The molecule has 4 heteroatoms. The van der Waals surface area contributed by atoms with E-state index in [1.54, 1.807) is 0 Å². The van der Waals surface area contributed by atoms with Gasteiger partial charge in [-0.1, -0.05) is 111 Å². The lowest BCUT2D eigenvalue weighted by Gasteiger charge is -2.30. The first-order chi connectivity index (χ1) is 16.9. The van der Waals surface area contributed by atoms with Gasteiger partial charge in [-0.15, -0.1) is 0 Å². The number of thiazole rings is 1. The highest BCUT2D eigenvalue weighted by atomic mass is 32.1. The van der Waals surface area contributed by atoms with Crippen LogP contribution in [-0.2, 0) is 11.8 Å². The number of nitrogens with zero attached hydrogens (tertiary/aromatic N) is 2. The van der Waals surface area contributed by atoms with E-state index >= 15 is 0 Å². The maximum atomic E-state index is 13.8. The number of aromatic nitrogens is 1. The smallest absolute Gasteiger partial charge is 0.271 e. The van der Waals surface area contributed by atoms with Crippen molar-refractivity contribution in [2.45, 2.75) is 45.1 Å². The number of allylic oxidation sites excluding steroid dienone is 1. The summed E-state index contributed by atoms with van der Waals surface area (Å²) in [6.45, 7) is 6.64. The molecule has 1 aromatic heterocycles. The molecule has 0 bridgehead atoms. The van der Waals surface area contributed by atoms with E-state index in [0.29, 0.717) is 0 Å². The number of fused-ring (bicyclic) bond motifs is 3. The fraction of sp³-hybridized carbons (Fsp3) is 0.226. The lowest BCUT2D eigenvalue weighted by atomic mass is 9.83. The molecule has 0 radical (unpaired) electrons. The topological polar surface area (TPSA) is 34.4 Å². The Morgan fingerprint density at radius 2 is 1.63 bits per heavy atom. The first-order valence-corrected chi connectivity index (χ1v) is 13.0. The summed E-state index contributed by atoms with van der Waals surface area (Å²) in [6, 6.07) is 27.3. The predicted molar refractivity (Wildman–Crippen MR) is 144 cm³/mol. The Morgan fingerprint density at radius 3 is 2.37 bits per heavy atom. The third kappa shape index (κ3) is 3.82. The molecule has 174 valence electrons. The Balaban J connectivity index is 1.55. The van der Waals surface area contributed by atoms with Gasteiger partial charge in [0.1, 0.15) is 0 Å². The summed E-state index contributed by atoms with van der Waals surface area (Å²) in [7, 11) is 0. The second-order valence-corrected chi connectivity index (χ2v) is 11.4. The van der Waals surface area contributed by atoms with Gasteiger partial charge in [0.05, 0.1) is 16.3 Å². The highest BCUT2D eigenvalue weighted by Gasteiger charge is 2.32. The van der Waals surface area contributed by atoms with Crippen LogP contribution in [0.15, 0.2) is 94.2 Å². The number of hydrogen-bond acceptors (Lipinski definition) is 3. The minimum absolute atomic E-state index is 0.0351. The molecule has 6 rings (SSSR count). The molecule has 1 atom stereocenters. The van der Waals surface area contributed by atoms with E-state index in [4.69, 9.17) is 4.99 Å². The van der Waals surface area contributed by atoms with Crippen LogP contribution in [-0.4, -0.2) is 4.57 Å². The number of benzene rings is 3. The first-order valence-electron chi connectivity index (χ1n) is 12.2. The van der Waals surface area contributed by atoms with Crippen molar-refractivity contribution in [2.24, 2.45) is 4.99 Å². The minimum atomic E-state index is -0.124. The average Bonchev–Trinajstić information content (AvgIpc) is 3.17.